The Hall–Kier alpha value is -1.15. The van der Waals surface area contributed by atoms with Gasteiger partial charge in [0, 0.05) is 5.56 Å². The fraction of sp³-hybridized carbons (Fsp3) is 0.533. The summed E-state index contributed by atoms with van der Waals surface area (Å²) in [6, 6.07) is 9.67. The maximum Gasteiger partial charge on any atom is 0.179 e. The molecule has 0 radical (unpaired) electrons. The Kier molecular flexibility index (Phi) is 5.92. The first-order valence-corrected chi connectivity index (χ1v) is 6.57. The summed E-state index contributed by atoms with van der Waals surface area (Å²) in [5, 5.41) is 0. The molecule has 0 amide bonds. The van der Waals surface area contributed by atoms with Crippen LogP contribution in [0.2, 0.25) is 0 Å². The molecule has 17 heavy (non-hydrogen) atoms. The van der Waals surface area contributed by atoms with Crippen molar-refractivity contribution >= 4 is 5.78 Å². The summed E-state index contributed by atoms with van der Waals surface area (Å²) >= 11 is 0. The predicted molar refractivity (Wildman–Crippen MR) is 72.4 cm³/mol. The lowest BCUT2D eigenvalue weighted by atomic mass is 9.99. The molecule has 1 unspecified atom stereocenters. The molecule has 0 aliphatic rings. The van der Waals surface area contributed by atoms with Crippen LogP contribution in [-0.2, 0) is 0 Å². The van der Waals surface area contributed by atoms with Crippen molar-refractivity contribution in [3.8, 4) is 0 Å². The molecule has 0 saturated heterocycles. The molecule has 0 saturated carbocycles. The molecule has 0 aliphatic carbocycles. The highest BCUT2D eigenvalue weighted by molar-refractivity contribution is 6.00. The Balaban J connectivity index is 2.87. The van der Waals surface area contributed by atoms with Gasteiger partial charge in [0.2, 0.25) is 0 Å². The number of ketones is 1. The first-order chi connectivity index (χ1) is 8.24. The van der Waals surface area contributed by atoms with E-state index in [1.54, 1.807) is 0 Å². The van der Waals surface area contributed by atoms with Gasteiger partial charge in [-0.25, -0.2) is 0 Å². The molecule has 1 atom stereocenters. The normalized spacial score (nSPS) is 12.7. The minimum Gasteiger partial charge on any atom is -0.294 e. The second-order valence-electron chi connectivity index (χ2n) is 4.26. The van der Waals surface area contributed by atoms with Gasteiger partial charge in [0.15, 0.2) is 5.78 Å². The average Bonchev–Trinajstić information content (AvgIpc) is 2.39. The van der Waals surface area contributed by atoms with Gasteiger partial charge in [-0.05, 0) is 19.5 Å². The lowest BCUT2D eigenvalue weighted by molar-refractivity contribution is 0.0818. The van der Waals surface area contributed by atoms with E-state index in [9.17, 15) is 4.79 Å². The third-order valence-electron chi connectivity index (χ3n) is 3.18. The van der Waals surface area contributed by atoms with Crippen LogP contribution in [0.4, 0.5) is 0 Å². The molecular weight excluding hydrogens is 210 g/mol. The molecule has 0 fully saturated rings. The lowest BCUT2D eigenvalue weighted by Crippen LogP contribution is -2.41. The average molecular weight is 233 g/mol. The van der Waals surface area contributed by atoms with Crippen molar-refractivity contribution in [2.24, 2.45) is 0 Å². The van der Waals surface area contributed by atoms with Gasteiger partial charge >= 0.3 is 0 Å². The van der Waals surface area contributed by atoms with E-state index in [0.29, 0.717) is 0 Å². The van der Waals surface area contributed by atoms with Crippen LogP contribution in [0.15, 0.2) is 30.3 Å². The summed E-state index contributed by atoms with van der Waals surface area (Å²) in [6.45, 7) is 8.23. The standard InChI is InChI=1S/C15H23NO/c1-4-10-14(16(5-2)6-3)15(17)13-11-8-7-9-12-13/h7-9,11-12,14H,4-6,10H2,1-3H3. The van der Waals surface area contributed by atoms with Crippen LogP contribution in [0.5, 0.6) is 0 Å². The Labute approximate surface area is 105 Å². The molecule has 0 aromatic heterocycles. The third-order valence-corrected chi connectivity index (χ3v) is 3.18. The molecule has 0 bridgehead atoms. The van der Waals surface area contributed by atoms with Crippen molar-refractivity contribution < 1.29 is 4.79 Å². The Morgan fingerprint density at radius 2 is 1.71 bits per heavy atom. The van der Waals surface area contributed by atoms with Crippen molar-refractivity contribution in [1.29, 1.82) is 0 Å². The summed E-state index contributed by atoms with van der Waals surface area (Å²) in [5.74, 6) is 0.260. The van der Waals surface area contributed by atoms with E-state index in [1.807, 2.05) is 30.3 Å². The van der Waals surface area contributed by atoms with E-state index in [-0.39, 0.29) is 11.8 Å². The number of nitrogens with zero attached hydrogens (tertiary/aromatic N) is 1. The van der Waals surface area contributed by atoms with Gasteiger partial charge in [0.25, 0.3) is 0 Å². The molecule has 2 heteroatoms. The fourth-order valence-corrected chi connectivity index (χ4v) is 2.21. The number of hydrogen-bond donors (Lipinski definition) is 0. The highest BCUT2D eigenvalue weighted by Crippen LogP contribution is 2.14. The van der Waals surface area contributed by atoms with Crippen LogP contribution in [-0.4, -0.2) is 29.8 Å². The molecule has 1 rings (SSSR count). The number of carbonyl (C=O) groups is 1. The Morgan fingerprint density at radius 1 is 1.12 bits per heavy atom. The summed E-state index contributed by atoms with van der Waals surface area (Å²) in [5.41, 5.74) is 0.831. The van der Waals surface area contributed by atoms with Gasteiger partial charge in [-0.2, -0.15) is 0 Å². The van der Waals surface area contributed by atoms with Crippen molar-refractivity contribution in [1.82, 2.24) is 4.90 Å². The molecular formula is C15H23NO. The highest BCUT2D eigenvalue weighted by Gasteiger charge is 2.23. The Bertz CT molecular complexity index is 330. The second kappa shape index (κ2) is 7.23. The van der Waals surface area contributed by atoms with Gasteiger partial charge in [0.05, 0.1) is 6.04 Å². The molecule has 0 N–H and O–H groups in total. The van der Waals surface area contributed by atoms with Crippen molar-refractivity contribution in [3.63, 3.8) is 0 Å². The van der Waals surface area contributed by atoms with Gasteiger partial charge in [-0.3, -0.25) is 9.69 Å². The Morgan fingerprint density at radius 3 is 2.18 bits per heavy atom. The van der Waals surface area contributed by atoms with E-state index in [1.165, 1.54) is 0 Å². The minimum atomic E-state index is 0.0393. The zero-order valence-corrected chi connectivity index (χ0v) is 11.1. The molecule has 0 aliphatic heterocycles. The topological polar surface area (TPSA) is 20.3 Å². The first-order valence-electron chi connectivity index (χ1n) is 6.57. The number of rotatable bonds is 7. The van der Waals surface area contributed by atoms with Gasteiger partial charge in [0.1, 0.15) is 0 Å². The van der Waals surface area contributed by atoms with Crippen LogP contribution in [0.1, 0.15) is 44.0 Å². The number of likely N-dealkylation sites (N-methyl/N-ethyl adjacent to an activating group) is 1. The van der Waals surface area contributed by atoms with Crippen LogP contribution in [0.25, 0.3) is 0 Å². The predicted octanol–water partition coefficient (Wildman–Crippen LogP) is 3.38. The van der Waals surface area contributed by atoms with Gasteiger partial charge < -0.3 is 0 Å². The zero-order valence-electron chi connectivity index (χ0n) is 11.1. The van der Waals surface area contributed by atoms with E-state index in [0.717, 1.165) is 31.5 Å². The van der Waals surface area contributed by atoms with Crippen molar-refractivity contribution in [2.75, 3.05) is 13.1 Å². The zero-order chi connectivity index (χ0) is 12.7. The molecule has 0 heterocycles. The van der Waals surface area contributed by atoms with Crippen LogP contribution < -0.4 is 0 Å². The quantitative estimate of drug-likeness (QED) is 0.673. The van der Waals surface area contributed by atoms with E-state index in [4.69, 9.17) is 0 Å². The minimum absolute atomic E-state index is 0.0393. The van der Waals surface area contributed by atoms with Crippen molar-refractivity contribution in [3.05, 3.63) is 35.9 Å². The molecule has 1 aromatic carbocycles. The van der Waals surface area contributed by atoms with E-state index >= 15 is 0 Å². The summed E-state index contributed by atoms with van der Waals surface area (Å²) < 4.78 is 0. The van der Waals surface area contributed by atoms with Crippen LogP contribution in [0, 0.1) is 0 Å². The molecule has 1 aromatic rings. The summed E-state index contributed by atoms with van der Waals surface area (Å²) in [7, 11) is 0. The van der Waals surface area contributed by atoms with Crippen molar-refractivity contribution in [2.45, 2.75) is 39.7 Å². The van der Waals surface area contributed by atoms with E-state index in [2.05, 4.69) is 25.7 Å². The number of Topliss-reactive ketones (excluding diaryl/α,β-unsaturated/α-hetero) is 1. The first kappa shape index (κ1) is 13.9. The summed E-state index contributed by atoms with van der Waals surface area (Å²) in [6.07, 6.45) is 1.98. The SMILES string of the molecule is CCCC(C(=O)c1ccccc1)N(CC)CC. The van der Waals surface area contributed by atoms with Crippen LogP contribution in [0.3, 0.4) is 0 Å². The van der Waals surface area contributed by atoms with Gasteiger partial charge in [-0.1, -0.05) is 57.5 Å². The fourth-order valence-electron chi connectivity index (χ4n) is 2.21. The third kappa shape index (κ3) is 3.67. The number of carbonyl (C=O) groups excluding carboxylic acids is 1. The van der Waals surface area contributed by atoms with Crippen LogP contribution >= 0.6 is 0 Å². The smallest absolute Gasteiger partial charge is 0.179 e. The molecule has 2 nitrogen and oxygen atoms in total. The molecule has 94 valence electrons. The number of hydrogen-bond acceptors (Lipinski definition) is 2. The van der Waals surface area contributed by atoms with E-state index < -0.39 is 0 Å². The van der Waals surface area contributed by atoms with Gasteiger partial charge in [-0.15, -0.1) is 0 Å². The monoisotopic (exact) mass is 233 g/mol. The number of benzene rings is 1. The highest BCUT2D eigenvalue weighted by atomic mass is 16.1. The largest absolute Gasteiger partial charge is 0.294 e. The molecule has 0 spiro atoms. The maximum absolute atomic E-state index is 12.5. The second-order valence-corrected chi connectivity index (χ2v) is 4.26. The summed E-state index contributed by atoms with van der Waals surface area (Å²) in [4.78, 5) is 14.7. The lowest BCUT2D eigenvalue weighted by Gasteiger charge is -2.28. The maximum atomic E-state index is 12.5.